The Kier molecular flexibility index (Phi) is 3.83. The van der Waals surface area contributed by atoms with E-state index in [1.165, 1.54) is 0 Å². The average molecular weight is 284 g/mol. The predicted molar refractivity (Wildman–Crippen MR) is 65.4 cm³/mol. The number of carbonyl (C=O) groups excluding carboxylic acids is 1. The van der Waals surface area contributed by atoms with Gasteiger partial charge in [-0.3, -0.25) is 4.79 Å². The number of hydrogen-bond donors (Lipinski definition) is 1. The van der Waals surface area contributed by atoms with E-state index in [4.69, 9.17) is 4.74 Å². The second kappa shape index (κ2) is 5.34. The van der Waals surface area contributed by atoms with E-state index in [-0.39, 0.29) is 12.0 Å². The normalized spacial score (nSPS) is 21.1. The van der Waals surface area contributed by atoms with Gasteiger partial charge in [-0.2, -0.15) is 0 Å². The maximum atomic E-state index is 11.6. The fourth-order valence-electron chi connectivity index (χ4n) is 1.70. The minimum absolute atomic E-state index is 0.000388. The Morgan fingerprint density at radius 2 is 2.00 bits per heavy atom. The van der Waals surface area contributed by atoms with Gasteiger partial charge in [0.1, 0.15) is 5.75 Å². The first kappa shape index (κ1) is 11.5. The molecule has 1 saturated heterocycles. The van der Waals surface area contributed by atoms with Gasteiger partial charge in [-0.1, -0.05) is 15.9 Å². The first-order chi connectivity index (χ1) is 7.75. The quantitative estimate of drug-likeness (QED) is 0.906. The molecular formula is C12H14BrNO2. The van der Waals surface area contributed by atoms with Crippen LogP contribution in [0.25, 0.3) is 0 Å². The zero-order chi connectivity index (χ0) is 11.4. The van der Waals surface area contributed by atoms with Crippen LogP contribution in [0, 0.1) is 0 Å². The van der Waals surface area contributed by atoms with Crippen molar-refractivity contribution in [1.29, 1.82) is 0 Å². The van der Waals surface area contributed by atoms with E-state index in [1.54, 1.807) is 0 Å². The molecule has 1 amide bonds. The summed E-state index contributed by atoms with van der Waals surface area (Å²) in [5.41, 5.74) is 0. The van der Waals surface area contributed by atoms with Crippen LogP contribution >= 0.6 is 15.9 Å². The van der Waals surface area contributed by atoms with Crippen molar-refractivity contribution < 1.29 is 9.53 Å². The molecule has 1 atom stereocenters. The first-order valence-electron chi connectivity index (χ1n) is 5.45. The Labute approximate surface area is 103 Å². The fraction of sp³-hybridized carbons (Fsp3) is 0.417. The molecule has 86 valence electrons. The van der Waals surface area contributed by atoms with Gasteiger partial charge >= 0.3 is 0 Å². The zero-order valence-electron chi connectivity index (χ0n) is 8.91. The smallest absolute Gasteiger partial charge is 0.261 e. The van der Waals surface area contributed by atoms with Crippen molar-refractivity contribution >= 4 is 21.8 Å². The Morgan fingerprint density at radius 1 is 1.25 bits per heavy atom. The van der Waals surface area contributed by atoms with Crippen LogP contribution in [-0.4, -0.2) is 18.6 Å². The molecule has 16 heavy (non-hydrogen) atoms. The number of carbonyl (C=O) groups is 1. The molecule has 1 fully saturated rings. The van der Waals surface area contributed by atoms with E-state index in [1.807, 2.05) is 24.3 Å². The topological polar surface area (TPSA) is 38.3 Å². The van der Waals surface area contributed by atoms with Crippen molar-refractivity contribution in [3.05, 3.63) is 28.7 Å². The number of nitrogens with one attached hydrogen (secondary N) is 1. The van der Waals surface area contributed by atoms with Crippen LogP contribution in [0.5, 0.6) is 5.75 Å². The first-order valence-corrected chi connectivity index (χ1v) is 6.25. The summed E-state index contributed by atoms with van der Waals surface area (Å²) in [5, 5.41) is 2.85. The summed E-state index contributed by atoms with van der Waals surface area (Å²) in [7, 11) is 0. The Morgan fingerprint density at radius 3 is 2.75 bits per heavy atom. The van der Waals surface area contributed by atoms with Gasteiger partial charge in [-0.15, -0.1) is 0 Å². The number of ether oxygens (including phenoxy) is 1. The predicted octanol–water partition coefficient (Wildman–Crippen LogP) is 2.50. The lowest BCUT2D eigenvalue weighted by atomic mass is 10.2. The van der Waals surface area contributed by atoms with Crippen LogP contribution in [0.15, 0.2) is 28.7 Å². The molecule has 0 radical (unpaired) electrons. The minimum atomic E-state index is -0.344. The molecule has 1 aromatic carbocycles. The monoisotopic (exact) mass is 283 g/mol. The highest BCUT2D eigenvalue weighted by Gasteiger charge is 2.21. The van der Waals surface area contributed by atoms with Gasteiger partial charge in [0.2, 0.25) is 0 Å². The molecule has 0 spiro atoms. The number of benzene rings is 1. The molecular weight excluding hydrogens is 270 g/mol. The van der Waals surface area contributed by atoms with Gasteiger partial charge in [0, 0.05) is 11.0 Å². The lowest BCUT2D eigenvalue weighted by Crippen LogP contribution is -2.36. The summed E-state index contributed by atoms with van der Waals surface area (Å²) in [5.74, 6) is 0.741. The molecule has 2 rings (SSSR count). The van der Waals surface area contributed by atoms with Crippen LogP contribution in [0.1, 0.15) is 19.3 Å². The van der Waals surface area contributed by atoms with Gasteiger partial charge in [0.15, 0.2) is 6.10 Å². The highest BCUT2D eigenvalue weighted by Crippen LogP contribution is 2.19. The molecule has 1 N–H and O–H groups in total. The fourth-order valence-corrected chi connectivity index (χ4v) is 1.97. The Balaban J connectivity index is 2.02. The molecule has 1 aliphatic rings. The Bertz CT molecular complexity index is 364. The summed E-state index contributed by atoms with van der Waals surface area (Å²) < 4.78 is 6.67. The van der Waals surface area contributed by atoms with E-state index in [0.717, 1.165) is 36.0 Å². The number of rotatable bonds is 2. The van der Waals surface area contributed by atoms with E-state index < -0.39 is 0 Å². The highest BCUT2D eigenvalue weighted by molar-refractivity contribution is 9.10. The van der Waals surface area contributed by atoms with Gasteiger partial charge in [0.25, 0.3) is 5.91 Å². The zero-order valence-corrected chi connectivity index (χ0v) is 10.5. The van der Waals surface area contributed by atoms with E-state index >= 15 is 0 Å². The molecule has 1 aromatic rings. The van der Waals surface area contributed by atoms with Gasteiger partial charge in [0.05, 0.1) is 0 Å². The van der Waals surface area contributed by atoms with Gasteiger partial charge in [-0.25, -0.2) is 0 Å². The average Bonchev–Trinajstić information content (AvgIpc) is 2.48. The molecule has 1 aliphatic heterocycles. The van der Waals surface area contributed by atoms with Crippen molar-refractivity contribution in [2.24, 2.45) is 0 Å². The summed E-state index contributed by atoms with van der Waals surface area (Å²) >= 11 is 3.36. The molecule has 1 heterocycles. The molecule has 0 aromatic heterocycles. The number of halogens is 1. The molecule has 1 unspecified atom stereocenters. The van der Waals surface area contributed by atoms with Crippen molar-refractivity contribution in [2.45, 2.75) is 25.4 Å². The van der Waals surface area contributed by atoms with Crippen LogP contribution in [0.2, 0.25) is 0 Å². The lowest BCUT2D eigenvalue weighted by Gasteiger charge is -2.15. The largest absolute Gasteiger partial charge is 0.481 e. The second-order valence-electron chi connectivity index (χ2n) is 3.85. The molecule has 0 saturated carbocycles. The molecule has 4 heteroatoms. The Hall–Kier alpha value is -1.03. The summed E-state index contributed by atoms with van der Waals surface area (Å²) in [6.45, 7) is 0.763. The third-order valence-corrected chi connectivity index (χ3v) is 3.11. The van der Waals surface area contributed by atoms with Crippen LogP contribution in [0.3, 0.4) is 0 Å². The maximum absolute atomic E-state index is 11.6. The lowest BCUT2D eigenvalue weighted by molar-refractivity contribution is -0.127. The van der Waals surface area contributed by atoms with E-state index in [9.17, 15) is 4.79 Å². The minimum Gasteiger partial charge on any atom is -0.481 e. The van der Waals surface area contributed by atoms with Crippen LogP contribution < -0.4 is 10.1 Å². The standard InChI is InChI=1S/C12H14BrNO2/c13-9-4-6-10(7-5-9)16-11-3-1-2-8-14-12(11)15/h4-7,11H,1-3,8H2,(H,14,15). The second-order valence-corrected chi connectivity index (χ2v) is 4.76. The molecule has 3 nitrogen and oxygen atoms in total. The van der Waals surface area contributed by atoms with Crippen molar-refractivity contribution in [1.82, 2.24) is 5.32 Å². The van der Waals surface area contributed by atoms with Crippen LogP contribution in [0.4, 0.5) is 0 Å². The summed E-state index contributed by atoms with van der Waals surface area (Å²) in [4.78, 5) is 11.6. The van der Waals surface area contributed by atoms with Crippen molar-refractivity contribution in [2.75, 3.05) is 6.54 Å². The van der Waals surface area contributed by atoms with Crippen molar-refractivity contribution in [3.63, 3.8) is 0 Å². The maximum Gasteiger partial charge on any atom is 0.261 e. The summed E-state index contributed by atoms with van der Waals surface area (Å²) in [6.07, 6.45) is 2.51. The third kappa shape index (κ3) is 2.98. The third-order valence-electron chi connectivity index (χ3n) is 2.58. The van der Waals surface area contributed by atoms with E-state index in [0.29, 0.717) is 0 Å². The van der Waals surface area contributed by atoms with Crippen molar-refractivity contribution in [3.8, 4) is 5.75 Å². The highest BCUT2D eigenvalue weighted by atomic mass is 79.9. The van der Waals surface area contributed by atoms with Gasteiger partial charge in [-0.05, 0) is 43.5 Å². The SMILES string of the molecule is O=C1NCCCCC1Oc1ccc(Br)cc1. The van der Waals surface area contributed by atoms with Crippen LogP contribution in [-0.2, 0) is 4.79 Å². The van der Waals surface area contributed by atoms with E-state index in [2.05, 4.69) is 21.2 Å². The number of amides is 1. The molecule has 0 aliphatic carbocycles. The molecule has 0 bridgehead atoms. The van der Waals surface area contributed by atoms with Gasteiger partial charge < -0.3 is 10.1 Å². The summed E-state index contributed by atoms with van der Waals surface area (Å²) in [6, 6.07) is 7.54. The number of hydrogen-bond acceptors (Lipinski definition) is 2.